The molecule has 2 heterocycles. The van der Waals surface area contributed by atoms with Crippen molar-refractivity contribution >= 4 is 46.4 Å². The third-order valence-corrected chi connectivity index (χ3v) is 7.16. The first kappa shape index (κ1) is 31.6. The fourth-order valence-corrected chi connectivity index (χ4v) is 4.11. The number of nitrogens with two attached hydrogens (primary N) is 2. The lowest BCUT2D eigenvalue weighted by molar-refractivity contribution is -0.115. The summed E-state index contributed by atoms with van der Waals surface area (Å²) in [6.07, 6.45) is 1.54. The summed E-state index contributed by atoms with van der Waals surface area (Å²) in [4.78, 5) is 18.3. The highest BCUT2D eigenvalue weighted by molar-refractivity contribution is 7.92. The number of primary amides is 1. The lowest BCUT2D eigenvalue weighted by Gasteiger charge is -2.09. The normalized spacial score (nSPS) is 10.5. The zero-order chi connectivity index (χ0) is 25.8. The lowest BCUT2D eigenvalue weighted by atomic mass is 10.1. The second kappa shape index (κ2) is 13.2. The summed E-state index contributed by atoms with van der Waals surface area (Å²) in [5.74, 6) is 0.288. The number of aryl methyl sites for hydroxylation is 1. The van der Waals surface area contributed by atoms with Crippen LogP contribution in [0.15, 0.2) is 70.2 Å². The van der Waals surface area contributed by atoms with Gasteiger partial charge in [0.15, 0.2) is 27.1 Å². The van der Waals surface area contributed by atoms with Crippen LogP contribution >= 0.6 is 24.8 Å². The maximum atomic E-state index is 12.3. The standard InChI is InChI=1S/C23H22N4O3S.C2H5NO.2ClH/c1-14(2)31(28,29)18-10-8-17(9-11-18)20-13-25-23(24)22(26-20)21-12-19(27-30-21)16-6-4-15(3)5-7-16;1-2(3)4;;/h4-14H,1-3H3,(H2,24,25);1H3,(H2,3,4);2*1H. The minimum Gasteiger partial charge on any atom is -0.382 e. The smallest absolute Gasteiger partial charge is 0.214 e. The number of amides is 1. The topological polar surface area (TPSA) is 155 Å². The second-order valence-electron chi connectivity index (χ2n) is 8.16. The van der Waals surface area contributed by atoms with Crippen molar-refractivity contribution in [3.05, 3.63) is 66.4 Å². The minimum absolute atomic E-state index is 0. The zero-order valence-corrected chi connectivity index (χ0v) is 23.2. The van der Waals surface area contributed by atoms with Crippen molar-refractivity contribution in [3.63, 3.8) is 0 Å². The number of halogens is 2. The molecule has 12 heteroatoms. The number of nitrogen functional groups attached to an aromatic ring is 1. The van der Waals surface area contributed by atoms with Crippen molar-refractivity contribution in [2.24, 2.45) is 5.73 Å². The number of sulfone groups is 1. The van der Waals surface area contributed by atoms with Crippen LogP contribution in [0.5, 0.6) is 0 Å². The third-order valence-electron chi connectivity index (χ3n) is 4.99. The maximum absolute atomic E-state index is 12.3. The molecule has 37 heavy (non-hydrogen) atoms. The van der Waals surface area contributed by atoms with Crippen molar-refractivity contribution < 1.29 is 17.7 Å². The number of anilines is 1. The fraction of sp³-hybridized carbons (Fsp3) is 0.200. The van der Waals surface area contributed by atoms with Gasteiger partial charge in [0.2, 0.25) is 5.91 Å². The monoisotopic (exact) mass is 565 g/mol. The number of hydrogen-bond acceptors (Lipinski definition) is 8. The van der Waals surface area contributed by atoms with Crippen LogP contribution in [-0.4, -0.2) is 34.7 Å². The molecule has 2 aromatic carbocycles. The average Bonchev–Trinajstić information content (AvgIpc) is 3.29. The first-order chi connectivity index (χ1) is 16.5. The molecule has 0 atom stereocenters. The summed E-state index contributed by atoms with van der Waals surface area (Å²) < 4.78 is 30.2. The summed E-state index contributed by atoms with van der Waals surface area (Å²) >= 11 is 0. The molecule has 4 rings (SSSR count). The van der Waals surface area contributed by atoms with Gasteiger partial charge in [0.05, 0.1) is 22.0 Å². The Morgan fingerprint density at radius 1 is 0.946 bits per heavy atom. The van der Waals surface area contributed by atoms with Gasteiger partial charge >= 0.3 is 0 Å². The van der Waals surface area contributed by atoms with E-state index in [2.05, 4.69) is 20.9 Å². The minimum atomic E-state index is -3.34. The molecular weight excluding hydrogens is 537 g/mol. The molecule has 2 aromatic heterocycles. The molecule has 1 amide bonds. The molecular formula is C25H29Cl2N5O4S. The van der Waals surface area contributed by atoms with E-state index in [1.54, 1.807) is 50.4 Å². The summed E-state index contributed by atoms with van der Waals surface area (Å²) in [5.41, 5.74) is 14.9. The average molecular weight is 567 g/mol. The van der Waals surface area contributed by atoms with Gasteiger partial charge in [-0.25, -0.2) is 18.4 Å². The van der Waals surface area contributed by atoms with Crippen LogP contribution in [0.2, 0.25) is 0 Å². The quantitative estimate of drug-likeness (QED) is 0.347. The van der Waals surface area contributed by atoms with Crippen LogP contribution in [0, 0.1) is 6.92 Å². The summed E-state index contributed by atoms with van der Waals surface area (Å²) in [6, 6.07) is 16.3. The molecule has 0 aliphatic heterocycles. The molecule has 0 unspecified atom stereocenters. The number of benzene rings is 2. The number of aromatic nitrogens is 3. The van der Waals surface area contributed by atoms with Crippen LogP contribution in [-0.2, 0) is 14.6 Å². The highest BCUT2D eigenvalue weighted by Crippen LogP contribution is 2.30. The van der Waals surface area contributed by atoms with E-state index in [-0.39, 0.29) is 41.4 Å². The molecule has 0 radical (unpaired) electrons. The Morgan fingerprint density at radius 3 is 2.00 bits per heavy atom. The number of carbonyl (C=O) groups excluding carboxylic acids is 1. The van der Waals surface area contributed by atoms with Gasteiger partial charge in [-0.15, -0.1) is 24.8 Å². The van der Waals surface area contributed by atoms with E-state index in [1.807, 2.05) is 31.2 Å². The molecule has 0 bridgehead atoms. The van der Waals surface area contributed by atoms with Crippen molar-refractivity contribution in [1.82, 2.24) is 15.1 Å². The molecule has 0 fully saturated rings. The van der Waals surface area contributed by atoms with Crippen molar-refractivity contribution in [2.45, 2.75) is 37.8 Å². The largest absolute Gasteiger partial charge is 0.382 e. The van der Waals surface area contributed by atoms with Crippen LogP contribution in [0.3, 0.4) is 0 Å². The van der Waals surface area contributed by atoms with Gasteiger partial charge in [0.1, 0.15) is 5.69 Å². The van der Waals surface area contributed by atoms with Crippen molar-refractivity contribution in [2.75, 3.05) is 5.73 Å². The van der Waals surface area contributed by atoms with Crippen LogP contribution in [0.25, 0.3) is 34.0 Å². The van der Waals surface area contributed by atoms with E-state index in [0.29, 0.717) is 22.8 Å². The Labute approximate surface area is 228 Å². The molecule has 9 nitrogen and oxygen atoms in total. The highest BCUT2D eigenvalue weighted by Gasteiger charge is 2.19. The Hall–Kier alpha value is -3.47. The van der Waals surface area contributed by atoms with E-state index >= 15 is 0 Å². The van der Waals surface area contributed by atoms with Crippen LogP contribution < -0.4 is 11.5 Å². The molecule has 4 aromatic rings. The van der Waals surface area contributed by atoms with Gasteiger partial charge in [0, 0.05) is 24.1 Å². The van der Waals surface area contributed by atoms with Gasteiger partial charge in [0.25, 0.3) is 0 Å². The highest BCUT2D eigenvalue weighted by atomic mass is 35.5. The van der Waals surface area contributed by atoms with Crippen molar-refractivity contribution in [1.29, 1.82) is 0 Å². The predicted octanol–water partition coefficient (Wildman–Crippen LogP) is 4.87. The zero-order valence-electron chi connectivity index (χ0n) is 20.7. The van der Waals surface area contributed by atoms with E-state index in [1.165, 1.54) is 6.92 Å². The molecule has 0 saturated heterocycles. The Bertz CT molecular complexity index is 1430. The molecule has 0 spiro atoms. The SMILES string of the molecule is CC(N)=O.Cc1ccc(-c2cc(-c3nc(-c4ccc(S(=O)(=O)C(C)C)cc4)cnc3N)on2)cc1.Cl.Cl. The number of hydrogen-bond donors (Lipinski definition) is 2. The van der Waals surface area contributed by atoms with Crippen LogP contribution in [0.1, 0.15) is 26.3 Å². The fourth-order valence-electron chi connectivity index (χ4n) is 3.05. The predicted molar refractivity (Wildman–Crippen MR) is 149 cm³/mol. The second-order valence-corrected chi connectivity index (χ2v) is 10.7. The maximum Gasteiger partial charge on any atom is 0.214 e. The van der Waals surface area contributed by atoms with Gasteiger partial charge in [-0.2, -0.15) is 0 Å². The summed E-state index contributed by atoms with van der Waals surface area (Å²) in [5, 5.41) is 3.64. The van der Waals surface area contributed by atoms with Crippen molar-refractivity contribution in [3.8, 4) is 34.0 Å². The Balaban J connectivity index is 0.00000107. The Kier molecular flexibility index (Phi) is 11.2. The molecule has 4 N–H and O–H groups in total. The summed E-state index contributed by atoms with van der Waals surface area (Å²) in [6.45, 7) is 6.64. The van der Waals surface area contributed by atoms with Gasteiger partial charge in [-0.1, -0.05) is 47.1 Å². The van der Waals surface area contributed by atoms with E-state index in [4.69, 9.17) is 10.3 Å². The first-order valence-corrected chi connectivity index (χ1v) is 12.3. The third kappa shape index (κ3) is 7.75. The molecule has 198 valence electrons. The van der Waals surface area contributed by atoms with Gasteiger partial charge in [-0.05, 0) is 32.9 Å². The number of nitrogens with zero attached hydrogens (tertiary/aromatic N) is 3. The first-order valence-electron chi connectivity index (χ1n) is 10.8. The molecule has 0 aliphatic carbocycles. The number of carbonyl (C=O) groups is 1. The summed E-state index contributed by atoms with van der Waals surface area (Å²) in [7, 11) is -3.34. The lowest BCUT2D eigenvalue weighted by Crippen LogP contribution is -2.13. The molecule has 0 saturated carbocycles. The van der Waals surface area contributed by atoms with Gasteiger partial charge < -0.3 is 16.0 Å². The number of rotatable bonds is 5. The molecule has 0 aliphatic rings. The van der Waals surface area contributed by atoms with E-state index in [0.717, 1.165) is 16.7 Å². The Morgan fingerprint density at radius 2 is 1.46 bits per heavy atom. The van der Waals surface area contributed by atoms with Gasteiger partial charge in [-0.3, -0.25) is 4.79 Å². The van der Waals surface area contributed by atoms with E-state index < -0.39 is 15.1 Å². The van der Waals surface area contributed by atoms with E-state index in [9.17, 15) is 13.2 Å². The van der Waals surface area contributed by atoms with Crippen LogP contribution in [0.4, 0.5) is 5.82 Å².